The molecule has 1 amide bonds. The molecule has 4 nitrogen and oxygen atoms in total. The van der Waals surface area contributed by atoms with Gasteiger partial charge in [0.15, 0.2) is 0 Å². The molecule has 1 saturated carbocycles. The Morgan fingerprint density at radius 2 is 1.52 bits per heavy atom. The van der Waals surface area contributed by atoms with Crippen LogP contribution < -0.4 is 5.73 Å². The van der Waals surface area contributed by atoms with E-state index in [1.807, 2.05) is 0 Å². The van der Waals surface area contributed by atoms with E-state index in [0.717, 1.165) is 51.4 Å². The summed E-state index contributed by atoms with van der Waals surface area (Å²) in [6.07, 6.45) is 9.52. The van der Waals surface area contributed by atoms with Crippen molar-refractivity contribution in [2.75, 3.05) is 32.7 Å². The molecule has 3 aliphatic rings. The predicted octanol–water partition coefficient (Wildman–Crippen LogP) is 1.84. The van der Waals surface area contributed by atoms with Gasteiger partial charge in [0.1, 0.15) is 0 Å². The molecule has 2 heterocycles. The highest BCUT2D eigenvalue weighted by Crippen LogP contribution is 2.30. The molecule has 0 aromatic carbocycles. The van der Waals surface area contributed by atoms with Crippen molar-refractivity contribution in [3.8, 4) is 0 Å². The van der Waals surface area contributed by atoms with Crippen LogP contribution in [0.3, 0.4) is 0 Å². The van der Waals surface area contributed by atoms with Crippen LogP contribution in [0.5, 0.6) is 0 Å². The Labute approximate surface area is 129 Å². The fourth-order valence-electron chi connectivity index (χ4n) is 4.46. The number of rotatable bonds is 3. The maximum Gasteiger partial charge on any atom is 0.225 e. The SMILES string of the molecule is NCC1CCC(C(=O)N2CCC(N3CCCC3)CC2)CC1. The number of nitrogens with two attached hydrogens (primary N) is 1. The molecule has 0 radical (unpaired) electrons. The summed E-state index contributed by atoms with van der Waals surface area (Å²) in [6.45, 7) is 5.32. The van der Waals surface area contributed by atoms with Crippen LogP contribution in [0.15, 0.2) is 0 Å². The number of likely N-dealkylation sites (tertiary alicyclic amines) is 2. The molecule has 21 heavy (non-hydrogen) atoms. The standard InChI is InChI=1S/C17H31N3O/c18-13-14-3-5-15(6-4-14)17(21)20-11-7-16(8-12-20)19-9-1-2-10-19/h14-16H,1-13,18H2. The van der Waals surface area contributed by atoms with Gasteiger partial charge in [-0.05, 0) is 76.9 Å². The first-order chi connectivity index (χ1) is 10.3. The molecular formula is C17H31N3O. The smallest absolute Gasteiger partial charge is 0.225 e. The first-order valence-electron chi connectivity index (χ1n) is 9.01. The summed E-state index contributed by atoms with van der Waals surface area (Å²) in [7, 11) is 0. The Balaban J connectivity index is 1.44. The molecule has 3 fully saturated rings. The second kappa shape index (κ2) is 7.10. The van der Waals surface area contributed by atoms with Gasteiger partial charge in [-0.1, -0.05) is 0 Å². The molecule has 0 unspecified atom stereocenters. The van der Waals surface area contributed by atoms with E-state index in [9.17, 15) is 4.79 Å². The van der Waals surface area contributed by atoms with E-state index in [1.165, 1.54) is 38.8 Å². The van der Waals surface area contributed by atoms with Crippen molar-refractivity contribution in [1.29, 1.82) is 0 Å². The van der Waals surface area contributed by atoms with E-state index in [0.29, 0.717) is 11.8 Å². The lowest BCUT2D eigenvalue weighted by Crippen LogP contribution is -2.48. The minimum absolute atomic E-state index is 0.288. The van der Waals surface area contributed by atoms with Crippen molar-refractivity contribution in [2.45, 2.75) is 57.4 Å². The normalized spacial score (nSPS) is 32.5. The summed E-state index contributed by atoms with van der Waals surface area (Å²) in [5, 5.41) is 0. The van der Waals surface area contributed by atoms with Crippen molar-refractivity contribution in [1.82, 2.24) is 9.80 Å². The van der Waals surface area contributed by atoms with Gasteiger partial charge in [-0.15, -0.1) is 0 Å². The topological polar surface area (TPSA) is 49.6 Å². The largest absolute Gasteiger partial charge is 0.342 e. The van der Waals surface area contributed by atoms with Crippen LogP contribution >= 0.6 is 0 Å². The monoisotopic (exact) mass is 293 g/mol. The molecule has 4 heteroatoms. The Bertz CT molecular complexity index is 338. The van der Waals surface area contributed by atoms with Crippen LogP contribution in [0.4, 0.5) is 0 Å². The molecule has 0 bridgehead atoms. The van der Waals surface area contributed by atoms with Gasteiger partial charge in [-0.3, -0.25) is 4.79 Å². The van der Waals surface area contributed by atoms with E-state index in [4.69, 9.17) is 5.73 Å². The number of nitrogens with zero attached hydrogens (tertiary/aromatic N) is 2. The van der Waals surface area contributed by atoms with Gasteiger partial charge in [0.05, 0.1) is 0 Å². The van der Waals surface area contributed by atoms with E-state index in [1.54, 1.807) is 0 Å². The van der Waals surface area contributed by atoms with Gasteiger partial charge in [-0.2, -0.15) is 0 Å². The van der Waals surface area contributed by atoms with Crippen LogP contribution in [0.2, 0.25) is 0 Å². The van der Waals surface area contributed by atoms with Gasteiger partial charge in [0.2, 0.25) is 5.91 Å². The average molecular weight is 293 g/mol. The summed E-state index contributed by atoms with van der Waals surface area (Å²) in [4.78, 5) is 17.5. The first kappa shape index (κ1) is 15.3. The van der Waals surface area contributed by atoms with Crippen molar-refractivity contribution in [3.63, 3.8) is 0 Å². The zero-order chi connectivity index (χ0) is 14.7. The summed E-state index contributed by atoms with van der Waals surface area (Å²) in [5.74, 6) is 1.39. The van der Waals surface area contributed by atoms with E-state index in [-0.39, 0.29) is 5.92 Å². The molecule has 2 aliphatic heterocycles. The van der Waals surface area contributed by atoms with Gasteiger partial charge < -0.3 is 15.5 Å². The lowest BCUT2D eigenvalue weighted by atomic mass is 9.81. The van der Waals surface area contributed by atoms with Crippen molar-refractivity contribution >= 4 is 5.91 Å². The van der Waals surface area contributed by atoms with Crippen LogP contribution in [0.25, 0.3) is 0 Å². The Kier molecular flexibility index (Phi) is 5.17. The molecule has 120 valence electrons. The third-order valence-corrected chi connectivity index (χ3v) is 5.96. The van der Waals surface area contributed by atoms with E-state index >= 15 is 0 Å². The third kappa shape index (κ3) is 3.59. The fraction of sp³-hybridized carbons (Fsp3) is 0.941. The maximum atomic E-state index is 12.7. The maximum absolute atomic E-state index is 12.7. The fourth-order valence-corrected chi connectivity index (χ4v) is 4.46. The summed E-state index contributed by atoms with van der Waals surface area (Å²) >= 11 is 0. The van der Waals surface area contributed by atoms with Gasteiger partial charge in [0, 0.05) is 25.0 Å². The Morgan fingerprint density at radius 3 is 2.10 bits per heavy atom. The van der Waals surface area contributed by atoms with Crippen molar-refractivity contribution in [2.24, 2.45) is 17.6 Å². The molecule has 2 saturated heterocycles. The molecule has 0 aromatic rings. The molecule has 1 aliphatic carbocycles. The Morgan fingerprint density at radius 1 is 0.905 bits per heavy atom. The highest BCUT2D eigenvalue weighted by molar-refractivity contribution is 5.79. The second-order valence-corrected chi connectivity index (χ2v) is 7.25. The molecule has 0 atom stereocenters. The summed E-state index contributed by atoms with van der Waals surface area (Å²) in [6, 6.07) is 0.740. The van der Waals surface area contributed by atoms with Crippen LogP contribution in [0, 0.1) is 11.8 Å². The molecular weight excluding hydrogens is 262 g/mol. The van der Waals surface area contributed by atoms with Crippen LogP contribution in [-0.2, 0) is 4.79 Å². The van der Waals surface area contributed by atoms with E-state index in [2.05, 4.69) is 9.80 Å². The average Bonchev–Trinajstić information content (AvgIpc) is 3.09. The van der Waals surface area contributed by atoms with Gasteiger partial charge in [-0.25, -0.2) is 0 Å². The highest BCUT2D eigenvalue weighted by Gasteiger charge is 2.32. The predicted molar refractivity (Wildman–Crippen MR) is 84.9 cm³/mol. The van der Waals surface area contributed by atoms with Crippen molar-refractivity contribution < 1.29 is 4.79 Å². The van der Waals surface area contributed by atoms with Gasteiger partial charge in [0.25, 0.3) is 0 Å². The Hall–Kier alpha value is -0.610. The van der Waals surface area contributed by atoms with Gasteiger partial charge >= 0.3 is 0 Å². The summed E-state index contributed by atoms with van der Waals surface area (Å²) < 4.78 is 0. The lowest BCUT2D eigenvalue weighted by molar-refractivity contribution is -0.138. The third-order valence-electron chi connectivity index (χ3n) is 5.96. The molecule has 0 aromatic heterocycles. The molecule has 3 rings (SSSR count). The van der Waals surface area contributed by atoms with Crippen molar-refractivity contribution in [3.05, 3.63) is 0 Å². The minimum atomic E-state index is 0.288. The lowest BCUT2D eigenvalue weighted by Gasteiger charge is -2.39. The number of carbonyl (C=O) groups is 1. The highest BCUT2D eigenvalue weighted by atomic mass is 16.2. The number of carbonyl (C=O) groups excluding carboxylic acids is 1. The number of hydrogen-bond acceptors (Lipinski definition) is 3. The van der Waals surface area contributed by atoms with Crippen LogP contribution in [0.1, 0.15) is 51.4 Å². The number of hydrogen-bond donors (Lipinski definition) is 1. The first-order valence-corrected chi connectivity index (χ1v) is 9.01. The number of amides is 1. The quantitative estimate of drug-likeness (QED) is 0.864. The molecule has 0 spiro atoms. The second-order valence-electron chi connectivity index (χ2n) is 7.25. The van der Waals surface area contributed by atoms with E-state index < -0.39 is 0 Å². The number of piperidine rings is 1. The van der Waals surface area contributed by atoms with Crippen LogP contribution in [-0.4, -0.2) is 54.5 Å². The zero-order valence-electron chi connectivity index (χ0n) is 13.3. The molecule has 2 N–H and O–H groups in total. The summed E-state index contributed by atoms with van der Waals surface area (Å²) in [5.41, 5.74) is 5.74. The minimum Gasteiger partial charge on any atom is -0.342 e. The zero-order valence-corrected chi connectivity index (χ0v) is 13.3.